The fraction of sp³-hybridized carbons (Fsp3) is 0.600. The molecule has 1 saturated carbocycles. The Balaban J connectivity index is 2.24. The smallest absolute Gasteiger partial charge is 0.200 e. The molecule has 0 bridgehead atoms. The molecule has 2 atom stereocenters. The fourth-order valence-electron chi connectivity index (χ4n) is 2.90. The Morgan fingerprint density at radius 3 is 1.90 bits per heavy atom. The van der Waals surface area contributed by atoms with E-state index >= 15 is 0 Å². The minimum atomic E-state index is -2.13. The molecule has 2 unspecified atom stereocenters. The van der Waals surface area contributed by atoms with Crippen molar-refractivity contribution >= 4 is 5.69 Å². The maximum atomic E-state index is 13.6. The molecule has 2 rings (SSSR count). The molecular weight excluding hydrogens is 289 g/mol. The number of hydrogen-bond acceptors (Lipinski definition) is 1. The van der Waals surface area contributed by atoms with E-state index in [1.165, 1.54) is 0 Å². The lowest BCUT2D eigenvalue weighted by molar-refractivity contribution is 0.263. The van der Waals surface area contributed by atoms with Gasteiger partial charge in [0.05, 0.1) is 0 Å². The Labute approximate surface area is 120 Å². The predicted octanol–water partition coefficient (Wildman–Crippen LogP) is 5.01. The molecule has 1 aromatic rings. The number of benzene rings is 1. The van der Waals surface area contributed by atoms with Crippen LogP contribution in [0.2, 0.25) is 0 Å². The highest BCUT2D eigenvalue weighted by atomic mass is 19.2. The van der Waals surface area contributed by atoms with E-state index in [9.17, 15) is 22.0 Å². The first-order valence-electron chi connectivity index (χ1n) is 7.10. The second-order valence-corrected chi connectivity index (χ2v) is 5.96. The van der Waals surface area contributed by atoms with Crippen LogP contribution in [0.25, 0.3) is 0 Å². The second-order valence-electron chi connectivity index (χ2n) is 5.96. The lowest BCUT2D eigenvalue weighted by Crippen LogP contribution is -2.30. The summed E-state index contributed by atoms with van der Waals surface area (Å²) in [5.41, 5.74) is -0.916. The predicted molar refractivity (Wildman–Crippen MR) is 70.4 cm³/mol. The third-order valence-electron chi connectivity index (χ3n) is 4.22. The van der Waals surface area contributed by atoms with Gasteiger partial charge < -0.3 is 5.32 Å². The molecule has 0 heterocycles. The Kier molecular flexibility index (Phi) is 4.74. The molecule has 0 saturated heterocycles. The summed E-state index contributed by atoms with van der Waals surface area (Å²) in [7, 11) is 0. The molecule has 1 N–H and O–H groups in total. The van der Waals surface area contributed by atoms with Gasteiger partial charge >= 0.3 is 0 Å². The summed E-state index contributed by atoms with van der Waals surface area (Å²) in [6.45, 7) is 4.12. The Bertz CT molecular complexity index is 500. The molecule has 1 aromatic carbocycles. The molecule has 0 aliphatic heterocycles. The van der Waals surface area contributed by atoms with Crippen LogP contribution in [0.1, 0.15) is 39.5 Å². The Morgan fingerprint density at radius 2 is 1.38 bits per heavy atom. The average molecular weight is 307 g/mol. The van der Waals surface area contributed by atoms with Crippen molar-refractivity contribution in [2.24, 2.45) is 11.8 Å². The molecule has 1 fully saturated rings. The maximum Gasteiger partial charge on any atom is 0.200 e. The fourth-order valence-corrected chi connectivity index (χ4v) is 2.90. The molecular formula is C15H18F5N. The quantitative estimate of drug-likeness (QED) is 0.470. The molecule has 0 spiro atoms. The van der Waals surface area contributed by atoms with Crippen LogP contribution in [0.5, 0.6) is 0 Å². The molecule has 21 heavy (non-hydrogen) atoms. The number of rotatable bonds is 3. The largest absolute Gasteiger partial charge is 0.377 e. The van der Waals surface area contributed by atoms with Crippen LogP contribution in [0, 0.1) is 40.9 Å². The van der Waals surface area contributed by atoms with Gasteiger partial charge in [-0.3, -0.25) is 0 Å². The minimum Gasteiger partial charge on any atom is -0.377 e. The summed E-state index contributed by atoms with van der Waals surface area (Å²) >= 11 is 0. The van der Waals surface area contributed by atoms with Crippen LogP contribution in [-0.2, 0) is 0 Å². The maximum absolute atomic E-state index is 13.6. The second kappa shape index (κ2) is 6.20. The van der Waals surface area contributed by atoms with Gasteiger partial charge in [0.2, 0.25) is 5.82 Å². The Morgan fingerprint density at radius 1 is 0.857 bits per heavy atom. The molecule has 6 heteroatoms. The molecule has 118 valence electrons. The zero-order chi connectivity index (χ0) is 15.7. The standard InChI is InChI=1S/C15H18F5N/c1-7(2)8-4-3-5-9(6-8)21-15-13(19)11(17)10(16)12(18)14(15)20/h7-9,21H,3-6H2,1-2H3. The molecule has 1 aliphatic rings. The van der Waals surface area contributed by atoms with Crippen LogP contribution in [0.4, 0.5) is 27.6 Å². The van der Waals surface area contributed by atoms with Gasteiger partial charge in [-0.25, -0.2) is 22.0 Å². The van der Waals surface area contributed by atoms with E-state index in [4.69, 9.17) is 0 Å². The number of nitrogens with one attached hydrogen (secondary N) is 1. The SMILES string of the molecule is CC(C)C1CCCC(Nc2c(F)c(F)c(F)c(F)c2F)C1. The van der Waals surface area contributed by atoms with Crippen LogP contribution in [0.3, 0.4) is 0 Å². The lowest BCUT2D eigenvalue weighted by Gasteiger charge is -2.32. The van der Waals surface area contributed by atoms with Crippen molar-refractivity contribution in [3.63, 3.8) is 0 Å². The van der Waals surface area contributed by atoms with Crippen molar-refractivity contribution in [2.75, 3.05) is 5.32 Å². The first-order chi connectivity index (χ1) is 9.82. The van der Waals surface area contributed by atoms with Crippen molar-refractivity contribution in [1.29, 1.82) is 0 Å². The highest BCUT2D eigenvalue weighted by molar-refractivity contribution is 5.48. The third kappa shape index (κ3) is 3.14. The van der Waals surface area contributed by atoms with E-state index in [-0.39, 0.29) is 6.04 Å². The lowest BCUT2D eigenvalue weighted by atomic mass is 9.79. The van der Waals surface area contributed by atoms with E-state index < -0.39 is 34.8 Å². The highest BCUT2D eigenvalue weighted by Gasteiger charge is 2.29. The van der Waals surface area contributed by atoms with E-state index in [1.807, 2.05) is 0 Å². The zero-order valence-corrected chi connectivity index (χ0v) is 12.0. The van der Waals surface area contributed by atoms with Crippen molar-refractivity contribution in [2.45, 2.75) is 45.6 Å². The topological polar surface area (TPSA) is 12.0 Å². The van der Waals surface area contributed by atoms with Crippen molar-refractivity contribution in [3.8, 4) is 0 Å². The normalized spacial score (nSPS) is 22.7. The van der Waals surface area contributed by atoms with Gasteiger partial charge in [-0.05, 0) is 24.7 Å². The van der Waals surface area contributed by atoms with Crippen LogP contribution >= 0.6 is 0 Å². The van der Waals surface area contributed by atoms with Gasteiger partial charge in [0, 0.05) is 6.04 Å². The number of anilines is 1. The molecule has 1 aliphatic carbocycles. The summed E-state index contributed by atoms with van der Waals surface area (Å²) in [5, 5.41) is 2.51. The molecule has 1 nitrogen and oxygen atoms in total. The Hall–Kier alpha value is -1.33. The van der Waals surface area contributed by atoms with Gasteiger partial charge in [-0.1, -0.05) is 26.7 Å². The van der Waals surface area contributed by atoms with Gasteiger partial charge in [0.15, 0.2) is 23.3 Å². The van der Waals surface area contributed by atoms with Crippen LogP contribution in [-0.4, -0.2) is 6.04 Å². The summed E-state index contributed by atoms with van der Waals surface area (Å²) in [4.78, 5) is 0. The molecule has 0 amide bonds. The van der Waals surface area contributed by atoms with Crippen molar-refractivity contribution in [1.82, 2.24) is 0 Å². The van der Waals surface area contributed by atoms with Crippen molar-refractivity contribution in [3.05, 3.63) is 29.1 Å². The highest BCUT2D eigenvalue weighted by Crippen LogP contribution is 2.34. The van der Waals surface area contributed by atoms with E-state index in [2.05, 4.69) is 19.2 Å². The van der Waals surface area contributed by atoms with Gasteiger partial charge in [0.25, 0.3) is 0 Å². The summed E-state index contributed by atoms with van der Waals surface area (Å²) in [6, 6.07) is -0.278. The van der Waals surface area contributed by atoms with Gasteiger partial charge in [0.1, 0.15) is 5.69 Å². The third-order valence-corrected chi connectivity index (χ3v) is 4.22. The van der Waals surface area contributed by atoms with E-state index in [0.29, 0.717) is 24.7 Å². The first-order valence-corrected chi connectivity index (χ1v) is 7.10. The number of hydrogen-bond donors (Lipinski definition) is 1. The monoisotopic (exact) mass is 307 g/mol. The van der Waals surface area contributed by atoms with Gasteiger partial charge in [-0.15, -0.1) is 0 Å². The molecule has 0 aromatic heterocycles. The summed E-state index contributed by atoms with van der Waals surface area (Å²) < 4.78 is 66.6. The summed E-state index contributed by atoms with van der Waals surface area (Å²) in [6.07, 6.45) is 3.21. The first kappa shape index (κ1) is 16.0. The average Bonchev–Trinajstić information content (AvgIpc) is 2.48. The van der Waals surface area contributed by atoms with E-state index in [1.54, 1.807) is 0 Å². The van der Waals surface area contributed by atoms with Crippen LogP contribution < -0.4 is 5.32 Å². The number of halogens is 5. The minimum absolute atomic E-state index is 0.278. The zero-order valence-electron chi connectivity index (χ0n) is 12.0. The van der Waals surface area contributed by atoms with E-state index in [0.717, 1.165) is 12.8 Å². The summed E-state index contributed by atoms with van der Waals surface area (Å²) in [5.74, 6) is -8.72. The van der Waals surface area contributed by atoms with Crippen LogP contribution in [0.15, 0.2) is 0 Å². The van der Waals surface area contributed by atoms with Crippen molar-refractivity contribution < 1.29 is 22.0 Å². The molecule has 0 radical (unpaired) electrons. The van der Waals surface area contributed by atoms with Gasteiger partial charge in [-0.2, -0.15) is 0 Å².